The first-order chi connectivity index (χ1) is 14.6. The van der Waals surface area contributed by atoms with Crippen LogP contribution in [-0.4, -0.2) is 66.6 Å². The van der Waals surface area contributed by atoms with E-state index in [0.717, 1.165) is 0 Å². The maximum atomic E-state index is 8.19. The fourth-order valence-corrected chi connectivity index (χ4v) is 3.51. The van der Waals surface area contributed by atoms with E-state index < -0.39 is 0 Å². The van der Waals surface area contributed by atoms with E-state index in [1.54, 1.807) is 24.3 Å². The molecule has 0 aliphatic rings. The van der Waals surface area contributed by atoms with Gasteiger partial charge < -0.3 is 10.2 Å². The molecule has 0 aliphatic heterocycles. The van der Waals surface area contributed by atoms with Crippen LogP contribution in [0.5, 0.6) is 0 Å². The third-order valence-corrected chi connectivity index (χ3v) is 5.17. The highest BCUT2D eigenvalue weighted by Gasteiger charge is 2.22. The summed E-state index contributed by atoms with van der Waals surface area (Å²) in [4.78, 5) is 4.14. The molecule has 0 saturated carbocycles. The maximum Gasteiger partial charge on any atom is 0.154 e. The highest BCUT2D eigenvalue weighted by molar-refractivity contribution is 6.69. The fraction of sp³-hybridized carbons (Fsp3) is 0. The van der Waals surface area contributed by atoms with E-state index in [0.29, 0.717) is 16.3 Å². The van der Waals surface area contributed by atoms with Crippen LogP contribution in [-0.2, 0) is 0 Å². The van der Waals surface area contributed by atoms with Crippen molar-refractivity contribution in [2.24, 2.45) is 10.7 Å². The van der Waals surface area contributed by atoms with Gasteiger partial charge in [0.05, 0.1) is 0 Å². The smallest absolute Gasteiger partial charge is 0.154 e. The molecule has 0 aliphatic carbocycles. The molecule has 0 spiro atoms. The van der Waals surface area contributed by atoms with Crippen molar-refractivity contribution in [3.8, 4) is 0 Å². The van der Waals surface area contributed by atoms with E-state index in [2.05, 4.69) is 4.99 Å². The molecule has 31 heavy (non-hydrogen) atoms. The predicted octanol–water partition coefficient (Wildman–Crippen LogP) is -4.13. The summed E-state index contributed by atoms with van der Waals surface area (Å²) in [5.74, 6) is -0.174. The quantitative estimate of drug-likeness (QED) is 0.210. The van der Waals surface area contributed by atoms with Crippen molar-refractivity contribution in [3.05, 3.63) is 41.5 Å². The van der Waals surface area contributed by atoms with Crippen molar-refractivity contribution in [3.63, 3.8) is 0 Å². The van der Waals surface area contributed by atoms with E-state index in [4.69, 9.17) is 70.5 Å². The number of amidine groups is 2. The third kappa shape index (κ3) is 3.18. The van der Waals surface area contributed by atoms with Gasteiger partial charge in [-0.25, -0.2) is 4.99 Å². The van der Waals surface area contributed by atoms with E-state index in [1.807, 2.05) is 6.07 Å². The van der Waals surface area contributed by atoms with Gasteiger partial charge in [0.1, 0.15) is 71.9 Å². The average molecular weight is 382 g/mol. The number of nitrogens with zero attached hydrogens (tertiary/aromatic N) is 1. The van der Waals surface area contributed by atoms with Crippen LogP contribution in [0.25, 0.3) is 21.9 Å². The third-order valence-electron chi connectivity index (χ3n) is 5.17. The molecule has 3 aromatic carbocycles. The highest BCUT2D eigenvalue weighted by atomic mass is 16.3. The van der Waals surface area contributed by atoms with Gasteiger partial charge in [0, 0.05) is 21.9 Å². The predicted molar refractivity (Wildman–Crippen MR) is 135 cm³/mol. The van der Waals surface area contributed by atoms with Crippen LogP contribution in [0.1, 0.15) is 11.1 Å². The summed E-state index contributed by atoms with van der Waals surface area (Å²) >= 11 is 0. The van der Waals surface area contributed by atoms with Crippen molar-refractivity contribution < 1.29 is 4.42 Å². The van der Waals surface area contributed by atoms with Crippen molar-refractivity contribution in [1.29, 1.82) is 5.41 Å². The van der Waals surface area contributed by atoms with E-state index in [9.17, 15) is 0 Å². The number of hydrogen-bond acceptors (Lipinski definition) is 2. The number of hydrogen-bond donors (Lipinski definition) is 2. The molecule has 0 amide bonds. The monoisotopic (exact) mass is 383 g/mol. The van der Waals surface area contributed by atoms with E-state index >= 15 is 0 Å². The molecule has 0 unspecified atom stereocenters. The number of aliphatic imine (C=N–C) groups is 1. The summed E-state index contributed by atoms with van der Waals surface area (Å²) < 4.78 is 5.88. The van der Waals surface area contributed by atoms with Crippen molar-refractivity contribution in [2.45, 2.75) is 0 Å². The molecule has 3 N–H and O–H groups in total. The zero-order valence-corrected chi connectivity index (χ0v) is 16.4. The molecule has 11 heteroatoms. The molecule has 4 aromatic rings. The van der Waals surface area contributed by atoms with Crippen molar-refractivity contribution in [2.75, 3.05) is 0 Å². The summed E-state index contributed by atoms with van der Waals surface area (Å²) in [6, 6.07) is 8.84. The molecular weight excluding hydrogens is 374 g/mol. The minimum absolute atomic E-state index is 0.0585. The fourth-order valence-electron chi connectivity index (χ4n) is 3.51. The summed E-state index contributed by atoms with van der Waals surface area (Å²) in [6.45, 7) is 0. The number of nitrogens with two attached hydrogens (primary N) is 1. The average Bonchev–Trinajstić information content (AvgIpc) is 3.16. The maximum absolute atomic E-state index is 8.19. The van der Waals surface area contributed by atoms with Crippen LogP contribution < -0.4 is 44.0 Å². The lowest BCUT2D eigenvalue weighted by atomic mass is 9.64. The van der Waals surface area contributed by atoms with Crippen LogP contribution in [0.2, 0.25) is 0 Å². The molecule has 14 radical (unpaired) electrons. The van der Waals surface area contributed by atoms with Crippen molar-refractivity contribution >= 4 is 127 Å². The number of rotatable bonds is 2. The minimum Gasteiger partial charge on any atom is -0.457 e. The van der Waals surface area contributed by atoms with Gasteiger partial charge in [0.2, 0.25) is 0 Å². The van der Waals surface area contributed by atoms with Gasteiger partial charge in [-0.1, -0.05) is 52.2 Å². The number of furan rings is 1. The first-order valence-electron chi connectivity index (χ1n) is 9.08. The Labute approximate surface area is 188 Å². The van der Waals surface area contributed by atoms with Crippen LogP contribution in [0.15, 0.2) is 39.7 Å². The van der Waals surface area contributed by atoms with Gasteiger partial charge in [-0.3, -0.25) is 5.41 Å². The highest BCUT2D eigenvalue weighted by Crippen LogP contribution is 2.22. The Kier molecular flexibility index (Phi) is 5.24. The zero-order valence-electron chi connectivity index (χ0n) is 16.4. The summed E-state index contributed by atoms with van der Waals surface area (Å²) in [6.07, 6.45) is 0. The second-order valence-electron chi connectivity index (χ2n) is 6.99. The van der Waals surface area contributed by atoms with Crippen LogP contribution >= 0.6 is 0 Å². The van der Waals surface area contributed by atoms with Gasteiger partial charge in [0.25, 0.3) is 0 Å². The topological polar surface area (TPSA) is 75.4 Å². The molecular formula is C20H8B7N3O. The number of benzene rings is 3. The normalized spacial score (nSPS) is 11.9. The van der Waals surface area contributed by atoms with Gasteiger partial charge in [-0.05, 0) is 5.46 Å². The van der Waals surface area contributed by atoms with Crippen LogP contribution in [0.4, 0.5) is 0 Å². The molecule has 0 fully saturated rings. The molecule has 0 saturated heterocycles. The standard InChI is InChI=1S/C20H8B7N3O/c21-10-7-8-11(22)14(25)15(26)16(27)18(8)31-17(7)13(24)9(12(10)23)20(29)30-19(28)6-4-2-1-3-5-6/h1-5H,(H3,28,29,30). The number of nitrogens with one attached hydrogen (secondary N) is 1. The first-order valence-corrected chi connectivity index (χ1v) is 9.08. The summed E-state index contributed by atoms with van der Waals surface area (Å²) in [7, 11) is 43.1. The first kappa shape index (κ1) is 21.3. The lowest BCUT2D eigenvalue weighted by Gasteiger charge is -2.16. The minimum atomic E-state index is -0.0992. The SMILES string of the molecule is [B]c1c([B])c([B])c2c(oc3c([B])c(C(N)=NC(=N)c4ccccc4)c([B])c([B])c32)c1[B]. The number of fused-ring (bicyclic) bond motifs is 3. The van der Waals surface area contributed by atoms with Gasteiger partial charge >= 0.3 is 0 Å². The Bertz CT molecular complexity index is 1430. The lowest BCUT2D eigenvalue weighted by molar-refractivity contribution is 0.674. The Hall–Kier alpha value is -2.95. The lowest BCUT2D eigenvalue weighted by Crippen LogP contribution is -2.47. The molecule has 4 rings (SSSR count). The van der Waals surface area contributed by atoms with Crippen LogP contribution in [0, 0.1) is 5.41 Å². The van der Waals surface area contributed by atoms with E-state index in [-0.39, 0.29) is 66.6 Å². The van der Waals surface area contributed by atoms with Crippen molar-refractivity contribution in [1.82, 2.24) is 0 Å². The second kappa shape index (κ2) is 7.63. The Morgan fingerprint density at radius 3 is 1.84 bits per heavy atom. The molecule has 4 nitrogen and oxygen atoms in total. The van der Waals surface area contributed by atoms with E-state index in [1.165, 1.54) is 0 Å². The van der Waals surface area contributed by atoms with Gasteiger partial charge in [0.15, 0.2) is 5.84 Å². The second-order valence-corrected chi connectivity index (χ2v) is 6.99. The molecule has 130 valence electrons. The molecule has 0 bridgehead atoms. The van der Waals surface area contributed by atoms with Crippen LogP contribution in [0.3, 0.4) is 0 Å². The Morgan fingerprint density at radius 1 is 0.710 bits per heavy atom. The molecule has 1 heterocycles. The molecule has 0 atom stereocenters. The van der Waals surface area contributed by atoms with Gasteiger partial charge in [-0.15, -0.1) is 10.9 Å². The Balaban J connectivity index is 2.02. The Morgan fingerprint density at radius 2 is 1.23 bits per heavy atom. The zero-order chi connectivity index (χ0) is 22.6. The largest absolute Gasteiger partial charge is 0.457 e. The molecule has 1 aromatic heterocycles. The summed E-state index contributed by atoms with van der Waals surface area (Å²) in [5, 5.41) is 8.89. The summed E-state index contributed by atoms with van der Waals surface area (Å²) in [5.41, 5.74) is 7.87. The van der Waals surface area contributed by atoms with Gasteiger partial charge in [-0.2, -0.15) is 0 Å².